The molecule has 0 aliphatic carbocycles. The van der Waals surface area contributed by atoms with Gasteiger partial charge in [0.15, 0.2) is 6.29 Å². The fraction of sp³-hybridized carbons (Fsp3) is 0.256. The van der Waals surface area contributed by atoms with Gasteiger partial charge in [-0.15, -0.1) is 0 Å². The number of benzene rings is 4. The Morgan fingerprint density at radius 3 is 1.64 bits per heavy atom. The molecule has 0 fully saturated rings. The Kier molecular flexibility index (Phi) is 19.8. The normalized spacial score (nSPS) is 11.4. The first-order chi connectivity index (χ1) is 25.4. The molecule has 1 atom stereocenters. The lowest BCUT2D eigenvalue weighted by Crippen LogP contribution is -2.10. The van der Waals surface area contributed by atoms with Gasteiger partial charge in [-0.05, 0) is 87.5 Å². The zero-order valence-electron chi connectivity index (χ0n) is 30.3. The number of carbonyl (C=O) groups excluding carboxylic acids is 3. The van der Waals surface area contributed by atoms with E-state index < -0.39 is 19.3 Å². The smallest absolute Gasteiger partial charge is 0.330 e. The number of hydrogen-bond acceptors (Lipinski definition) is 11. The Morgan fingerprint density at radius 2 is 1.19 bits per heavy atom. The molecule has 284 valence electrons. The molecular formula is C39H43Cl2O11P. The van der Waals surface area contributed by atoms with E-state index in [0.29, 0.717) is 69.9 Å². The van der Waals surface area contributed by atoms with E-state index in [2.05, 4.69) is 4.74 Å². The SMILES string of the molecule is CCOC(=O)/C=C/c1ccc(OC)cc1Oc1cccc(Cl)c1.CCOC(=O)CP(C)(=O)OCC.COc1ccc(C=O)c(Oc2cccc(Cl)c2)c1. The molecule has 0 N–H and O–H groups in total. The second-order valence-electron chi connectivity index (χ2n) is 10.5. The van der Waals surface area contributed by atoms with Crippen LogP contribution in [0, 0.1) is 0 Å². The second-order valence-corrected chi connectivity index (χ2v) is 14.0. The quantitative estimate of drug-likeness (QED) is 0.0493. The molecule has 0 aliphatic heterocycles. The Labute approximate surface area is 320 Å². The maximum absolute atomic E-state index is 11.5. The van der Waals surface area contributed by atoms with Gasteiger partial charge in [0.25, 0.3) is 0 Å². The van der Waals surface area contributed by atoms with Crippen LogP contribution >= 0.6 is 30.6 Å². The second kappa shape index (κ2) is 23.7. The lowest BCUT2D eigenvalue weighted by atomic mass is 10.1. The van der Waals surface area contributed by atoms with Gasteiger partial charge in [-0.25, -0.2) is 4.79 Å². The van der Waals surface area contributed by atoms with Crippen molar-refractivity contribution >= 4 is 54.9 Å². The first kappa shape index (κ1) is 44.4. The molecule has 4 rings (SSSR count). The molecule has 0 saturated heterocycles. The molecule has 0 saturated carbocycles. The fourth-order valence-corrected chi connectivity index (χ4v) is 5.68. The molecule has 0 radical (unpaired) electrons. The lowest BCUT2D eigenvalue weighted by molar-refractivity contribution is -0.140. The van der Waals surface area contributed by atoms with Crippen molar-refractivity contribution in [3.05, 3.63) is 112 Å². The molecule has 11 nitrogen and oxygen atoms in total. The van der Waals surface area contributed by atoms with E-state index in [0.717, 1.165) is 11.8 Å². The topological polar surface area (TPSA) is 133 Å². The van der Waals surface area contributed by atoms with Crippen LogP contribution in [0.3, 0.4) is 0 Å². The van der Waals surface area contributed by atoms with Gasteiger partial charge in [0.2, 0.25) is 7.37 Å². The van der Waals surface area contributed by atoms with E-state index in [1.54, 1.807) is 126 Å². The summed E-state index contributed by atoms with van der Waals surface area (Å²) < 4.78 is 47.6. The van der Waals surface area contributed by atoms with E-state index >= 15 is 0 Å². The highest BCUT2D eigenvalue weighted by atomic mass is 35.5. The minimum atomic E-state index is -2.75. The standard InChI is InChI=1S/C18H17ClO4.C14H11ClO3.C7H15O4P/c1-3-22-18(20)10-8-13-7-9-15(21-2)12-17(13)23-16-6-4-5-14(19)11-16;1-17-12-6-5-10(9-16)14(8-12)18-13-4-2-3-11(15)7-13;1-4-10-7(8)6-12(3,9)11-5-2/h4-12H,3H2,1-2H3;2-9H,1H3;4-6H2,1-3H3/b10-8+;;. The van der Waals surface area contributed by atoms with Gasteiger partial charge in [0.05, 0.1) is 39.6 Å². The minimum Gasteiger partial charge on any atom is -0.497 e. The summed E-state index contributed by atoms with van der Waals surface area (Å²) in [5.41, 5.74) is 1.18. The largest absolute Gasteiger partial charge is 0.497 e. The van der Waals surface area contributed by atoms with Gasteiger partial charge >= 0.3 is 11.9 Å². The lowest BCUT2D eigenvalue weighted by Gasteiger charge is -2.11. The summed E-state index contributed by atoms with van der Waals surface area (Å²) >= 11 is 11.8. The average Bonchev–Trinajstić information content (AvgIpc) is 3.11. The number of rotatable bonds is 15. The van der Waals surface area contributed by atoms with Crippen molar-refractivity contribution in [3.8, 4) is 34.5 Å². The zero-order chi connectivity index (χ0) is 39.2. The summed E-state index contributed by atoms with van der Waals surface area (Å²) in [7, 11) is 0.378. The first-order valence-corrected chi connectivity index (χ1v) is 19.3. The zero-order valence-corrected chi connectivity index (χ0v) is 32.7. The number of hydrogen-bond donors (Lipinski definition) is 0. The molecule has 53 heavy (non-hydrogen) atoms. The molecule has 1 unspecified atom stereocenters. The molecule has 0 spiro atoms. The minimum absolute atomic E-state index is 0.130. The maximum atomic E-state index is 11.5. The van der Waals surface area contributed by atoms with Crippen LogP contribution < -0.4 is 18.9 Å². The van der Waals surface area contributed by atoms with Crippen molar-refractivity contribution in [1.29, 1.82) is 0 Å². The van der Waals surface area contributed by atoms with Crippen LogP contribution in [0.4, 0.5) is 0 Å². The van der Waals surface area contributed by atoms with Crippen LogP contribution in [-0.2, 0) is 28.2 Å². The number of methoxy groups -OCH3 is 2. The Bertz CT molecular complexity index is 1860. The van der Waals surface area contributed by atoms with E-state index in [-0.39, 0.29) is 6.16 Å². The molecule has 0 bridgehead atoms. The van der Waals surface area contributed by atoms with E-state index in [1.165, 1.54) is 12.7 Å². The third-order valence-electron chi connectivity index (χ3n) is 6.43. The molecule has 4 aromatic rings. The molecule has 0 heterocycles. The van der Waals surface area contributed by atoms with Crippen LogP contribution in [0.1, 0.15) is 36.7 Å². The molecular weight excluding hydrogens is 746 g/mol. The first-order valence-electron chi connectivity index (χ1n) is 16.3. The number of esters is 2. The van der Waals surface area contributed by atoms with Crippen LogP contribution in [0.2, 0.25) is 10.0 Å². The molecule has 4 aromatic carbocycles. The van der Waals surface area contributed by atoms with Crippen molar-refractivity contribution in [2.45, 2.75) is 20.8 Å². The van der Waals surface area contributed by atoms with Crippen molar-refractivity contribution in [3.63, 3.8) is 0 Å². The molecule has 0 aliphatic rings. The van der Waals surface area contributed by atoms with Crippen LogP contribution in [-0.4, -0.2) is 65.1 Å². The highest BCUT2D eigenvalue weighted by Gasteiger charge is 2.20. The van der Waals surface area contributed by atoms with Gasteiger partial charge in [-0.1, -0.05) is 35.3 Å². The predicted molar refractivity (Wildman–Crippen MR) is 207 cm³/mol. The third kappa shape index (κ3) is 17.1. The van der Waals surface area contributed by atoms with Gasteiger partial charge in [0.1, 0.15) is 40.7 Å². The van der Waals surface area contributed by atoms with Crippen molar-refractivity contribution < 1.29 is 51.9 Å². The highest BCUT2D eigenvalue weighted by Crippen LogP contribution is 2.42. The van der Waals surface area contributed by atoms with Crippen LogP contribution in [0.25, 0.3) is 6.08 Å². The van der Waals surface area contributed by atoms with Gasteiger partial charge < -0.3 is 32.9 Å². The predicted octanol–water partition coefficient (Wildman–Crippen LogP) is 10.2. The summed E-state index contributed by atoms with van der Waals surface area (Å²) in [4.78, 5) is 33.3. The summed E-state index contributed by atoms with van der Waals surface area (Å²) in [5.74, 6) is 2.55. The van der Waals surface area contributed by atoms with Crippen LogP contribution in [0.15, 0.2) is 91.0 Å². The Morgan fingerprint density at radius 1 is 0.679 bits per heavy atom. The van der Waals surface area contributed by atoms with E-state index in [1.807, 2.05) is 0 Å². The van der Waals surface area contributed by atoms with Crippen LogP contribution in [0.5, 0.6) is 34.5 Å². The number of ether oxygens (including phenoxy) is 6. The van der Waals surface area contributed by atoms with Crippen molar-refractivity contribution in [1.82, 2.24) is 0 Å². The Balaban J connectivity index is 0.000000290. The van der Waals surface area contributed by atoms with Gasteiger partial charge in [-0.2, -0.15) is 0 Å². The highest BCUT2D eigenvalue weighted by molar-refractivity contribution is 7.59. The number of aldehydes is 1. The Hall–Kier alpha value is -4.80. The maximum Gasteiger partial charge on any atom is 0.330 e. The fourth-order valence-electron chi connectivity index (χ4n) is 4.12. The van der Waals surface area contributed by atoms with Crippen molar-refractivity contribution in [2.75, 3.05) is 46.9 Å². The summed E-state index contributed by atoms with van der Waals surface area (Å²) in [6, 6.07) is 24.4. The van der Waals surface area contributed by atoms with E-state index in [4.69, 9.17) is 51.4 Å². The number of carbonyl (C=O) groups is 3. The summed E-state index contributed by atoms with van der Waals surface area (Å²) in [5, 5.41) is 1.15. The number of halogens is 2. The molecule has 14 heteroatoms. The third-order valence-corrected chi connectivity index (χ3v) is 8.53. The summed E-state index contributed by atoms with van der Waals surface area (Å²) in [6.45, 7) is 7.64. The molecule has 0 amide bonds. The molecule has 0 aromatic heterocycles. The van der Waals surface area contributed by atoms with Gasteiger partial charge in [-0.3, -0.25) is 14.2 Å². The monoisotopic (exact) mass is 788 g/mol. The summed E-state index contributed by atoms with van der Waals surface area (Å²) in [6.07, 6.45) is 3.60. The van der Waals surface area contributed by atoms with Gasteiger partial charge in [0, 0.05) is 40.5 Å². The van der Waals surface area contributed by atoms with E-state index in [9.17, 15) is 18.9 Å². The average molecular weight is 790 g/mol. The van der Waals surface area contributed by atoms with Crippen molar-refractivity contribution in [2.24, 2.45) is 0 Å².